The molecule has 0 radical (unpaired) electrons. The summed E-state index contributed by atoms with van der Waals surface area (Å²) in [5, 5.41) is 3.40. The normalized spacial score (nSPS) is 21.8. The van der Waals surface area contributed by atoms with Crippen LogP contribution in [-0.2, 0) is 20.4 Å². The Morgan fingerprint density at radius 2 is 1.32 bits per heavy atom. The molecule has 0 bridgehead atoms. The number of benzene rings is 2. The lowest BCUT2D eigenvalue weighted by molar-refractivity contribution is -0.128. The molecule has 3 aliphatic heterocycles. The number of carbonyl (C=O) groups excluding carboxylic acids is 1. The maximum absolute atomic E-state index is 14.0. The van der Waals surface area contributed by atoms with Gasteiger partial charge in [0.1, 0.15) is 0 Å². The molecule has 7 nitrogen and oxygen atoms in total. The molecular weight excluding hydrogens is 434 g/mol. The third-order valence-electron chi connectivity index (χ3n) is 8.09. The van der Waals surface area contributed by atoms with Crippen LogP contribution in [0.1, 0.15) is 56.1 Å². The lowest BCUT2D eigenvalue weighted by Crippen LogP contribution is -2.51. The summed E-state index contributed by atoms with van der Waals surface area (Å²) < 4.78 is 28.0. The topological polar surface area (TPSA) is 75.3 Å². The van der Waals surface area contributed by atoms with Crippen molar-refractivity contribution in [2.45, 2.75) is 55.8 Å². The van der Waals surface area contributed by atoms with Gasteiger partial charge < -0.3 is 29.0 Å². The van der Waals surface area contributed by atoms with Crippen molar-refractivity contribution < 1.29 is 28.5 Å². The third kappa shape index (κ3) is 3.66. The van der Waals surface area contributed by atoms with Gasteiger partial charge in [-0.05, 0) is 61.1 Å². The highest BCUT2D eigenvalue weighted by Crippen LogP contribution is 2.45. The van der Waals surface area contributed by atoms with Gasteiger partial charge in [-0.1, -0.05) is 31.4 Å². The Morgan fingerprint density at radius 1 is 0.735 bits per heavy atom. The number of ether oxygens (including phenoxy) is 5. The first-order chi connectivity index (χ1) is 16.7. The van der Waals surface area contributed by atoms with Gasteiger partial charge in [-0.2, -0.15) is 0 Å². The van der Waals surface area contributed by atoms with Gasteiger partial charge in [0, 0.05) is 25.2 Å². The van der Waals surface area contributed by atoms with E-state index in [1.165, 1.54) is 5.56 Å². The number of carbonyl (C=O) groups is 1. The van der Waals surface area contributed by atoms with Gasteiger partial charge in [0.25, 0.3) is 0 Å². The molecule has 2 fully saturated rings. The van der Waals surface area contributed by atoms with Crippen LogP contribution in [0.15, 0.2) is 36.4 Å². The van der Waals surface area contributed by atoms with Gasteiger partial charge in [-0.25, -0.2) is 0 Å². The van der Waals surface area contributed by atoms with Crippen molar-refractivity contribution in [3.05, 3.63) is 47.5 Å². The van der Waals surface area contributed by atoms with Crippen LogP contribution in [0.25, 0.3) is 0 Å². The third-order valence-corrected chi connectivity index (χ3v) is 8.09. The first-order valence-electron chi connectivity index (χ1n) is 12.4. The molecule has 2 aromatic carbocycles. The number of hydrogen-bond acceptors (Lipinski definition) is 6. The van der Waals surface area contributed by atoms with E-state index in [4.69, 9.17) is 23.7 Å². The van der Waals surface area contributed by atoms with Crippen LogP contribution < -0.4 is 24.3 Å². The second-order valence-electron chi connectivity index (χ2n) is 9.85. The van der Waals surface area contributed by atoms with E-state index in [0.29, 0.717) is 19.8 Å². The fraction of sp³-hybridized carbons (Fsp3) is 0.519. The van der Waals surface area contributed by atoms with Crippen molar-refractivity contribution in [1.29, 1.82) is 0 Å². The first kappa shape index (κ1) is 21.6. The first-order valence-corrected chi connectivity index (χ1v) is 12.4. The molecule has 0 unspecified atom stereocenters. The van der Waals surface area contributed by atoms with Gasteiger partial charge in [0.05, 0.1) is 5.41 Å². The van der Waals surface area contributed by atoms with E-state index in [1.54, 1.807) is 0 Å². The van der Waals surface area contributed by atoms with Crippen molar-refractivity contribution in [3.8, 4) is 23.0 Å². The van der Waals surface area contributed by atoms with Crippen molar-refractivity contribution >= 4 is 5.91 Å². The smallest absolute Gasteiger partial charge is 0.231 e. The Morgan fingerprint density at radius 3 is 2.00 bits per heavy atom. The molecule has 1 amide bonds. The lowest BCUT2D eigenvalue weighted by atomic mass is 9.68. The zero-order valence-corrected chi connectivity index (χ0v) is 19.4. The van der Waals surface area contributed by atoms with E-state index in [0.717, 1.165) is 73.5 Å². The number of fused-ring (bicyclic) bond motifs is 2. The summed E-state index contributed by atoms with van der Waals surface area (Å²) in [5.74, 6) is 3.14. The molecule has 7 heteroatoms. The summed E-state index contributed by atoms with van der Waals surface area (Å²) in [6.45, 7) is 2.41. The Balaban J connectivity index is 1.28. The lowest BCUT2D eigenvalue weighted by Gasteiger charge is -2.41. The Bertz CT molecular complexity index is 1070. The number of rotatable bonds is 5. The number of hydrogen-bond donors (Lipinski definition) is 1. The van der Waals surface area contributed by atoms with Crippen molar-refractivity contribution in [2.24, 2.45) is 0 Å². The predicted molar refractivity (Wildman–Crippen MR) is 125 cm³/mol. The maximum Gasteiger partial charge on any atom is 0.231 e. The monoisotopic (exact) mass is 465 g/mol. The molecule has 0 aromatic heterocycles. The van der Waals surface area contributed by atoms with Crippen LogP contribution in [0.5, 0.6) is 23.0 Å². The van der Waals surface area contributed by atoms with Gasteiger partial charge in [-0.3, -0.25) is 4.79 Å². The van der Waals surface area contributed by atoms with Crippen LogP contribution in [-0.4, -0.2) is 39.3 Å². The van der Waals surface area contributed by atoms with E-state index >= 15 is 0 Å². The summed E-state index contributed by atoms with van der Waals surface area (Å²) in [5.41, 5.74) is 1.46. The van der Waals surface area contributed by atoms with Gasteiger partial charge >= 0.3 is 0 Å². The second kappa shape index (κ2) is 8.69. The van der Waals surface area contributed by atoms with Crippen LogP contribution in [0.2, 0.25) is 0 Å². The van der Waals surface area contributed by atoms with E-state index < -0.39 is 5.41 Å². The van der Waals surface area contributed by atoms with Crippen LogP contribution in [0.3, 0.4) is 0 Å². The zero-order valence-electron chi connectivity index (χ0n) is 19.4. The largest absolute Gasteiger partial charge is 0.454 e. The molecule has 4 aliphatic rings. The molecular formula is C27H31NO6. The molecule has 1 saturated heterocycles. The quantitative estimate of drug-likeness (QED) is 0.713. The number of amides is 1. The van der Waals surface area contributed by atoms with Crippen LogP contribution in [0.4, 0.5) is 0 Å². The molecule has 1 N–H and O–H groups in total. The summed E-state index contributed by atoms with van der Waals surface area (Å²) in [4.78, 5) is 14.0. The standard InChI is InChI=1S/C27H31NO6/c29-25(27(8-2-1-3-9-27)20-5-7-22-24(15-20)34-18-32-22)28-16-26(10-12-30-13-11-26)19-4-6-21-23(14-19)33-17-31-21/h4-7,14-15H,1-3,8-13,16-18H2,(H,28,29). The van der Waals surface area contributed by atoms with Crippen molar-refractivity contribution in [1.82, 2.24) is 5.32 Å². The molecule has 34 heavy (non-hydrogen) atoms. The Hall–Kier alpha value is -2.93. The predicted octanol–water partition coefficient (Wildman–Crippen LogP) is 4.21. The van der Waals surface area contributed by atoms with Gasteiger partial charge in [0.15, 0.2) is 23.0 Å². The van der Waals surface area contributed by atoms with Crippen LogP contribution >= 0.6 is 0 Å². The van der Waals surface area contributed by atoms with Crippen molar-refractivity contribution in [2.75, 3.05) is 33.3 Å². The molecule has 0 atom stereocenters. The molecule has 2 aromatic rings. The molecule has 1 saturated carbocycles. The molecule has 3 heterocycles. The minimum Gasteiger partial charge on any atom is -0.454 e. The van der Waals surface area contributed by atoms with E-state index in [-0.39, 0.29) is 24.9 Å². The highest BCUT2D eigenvalue weighted by Gasteiger charge is 2.43. The van der Waals surface area contributed by atoms with Crippen LogP contribution in [0, 0.1) is 0 Å². The number of nitrogens with one attached hydrogen (secondary N) is 1. The molecule has 1 aliphatic carbocycles. The average Bonchev–Trinajstić information content (AvgIpc) is 3.56. The van der Waals surface area contributed by atoms with Crippen molar-refractivity contribution in [3.63, 3.8) is 0 Å². The van der Waals surface area contributed by atoms with E-state index in [2.05, 4.69) is 17.4 Å². The molecule has 6 rings (SSSR count). The second-order valence-corrected chi connectivity index (χ2v) is 9.85. The van der Waals surface area contributed by atoms with E-state index in [1.807, 2.05) is 24.3 Å². The minimum absolute atomic E-state index is 0.109. The van der Waals surface area contributed by atoms with Gasteiger partial charge in [-0.15, -0.1) is 0 Å². The minimum atomic E-state index is -0.541. The molecule has 180 valence electrons. The summed E-state index contributed by atoms with van der Waals surface area (Å²) in [6.07, 6.45) is 6.65. The van der Waals surface area contributed by atoms with E-state index in [9.17, 15) is 4.79 Å². The average molecular weight is 466 g/mol. The van der Waals surface area contributed by atoms with Gasteiger partial charge in [0.2, 0.25) is 19.5 Å². The Labute approximate surface area is 199 Å². The SMILES string of the molecule is O=C(NCC1(c2ccc3c(c2)OCO3)CCOCC1)C1(c2ccc3c(c2)OCO3)CCCCC1. The maximum atomic E-state index is 14.0. The summed E-state index contributed by atoms with van der Waals surface area (Å²) in [7, 11) is 0. The fourth-order valence-electron chi connectivity index (χ4n) is 5.97. The highest BCUT2D eigenvalue weighted by atomic mass is 16.7. The fourth-order valence-corrected chi connectivity index (χ4v) is 5.97. The highest BCUT2D eigenvalue weighted by molar-refractivity contribution is 5.88. The Kier molecular flexibility index (Phi) is 5.52. The molecule has 0 spiro atoms. The summed E-state index contributed by atoms with van der Waals surface area (Å²) >= 11 is 0. The summed E-state index contributed by atoms with van der Waals surface area (Å²) in [6, 6.07) is 12.2. The zero-order chi connectivity index (χ0) is 23.0.